The molecule has 112 valence electrons. The van der Waals surface area contributed by atoms with Gasteiger partial charge in [0.05, 0.1) is 6.04 Å². The van der Waals surface area contributed by atoms with Crippen molar-refractivity contribution in [1.29, 1.82) is 0 Å². The summed E-state index contributed by atoms with van der Waals surface area (Å²) < 4.78 is 26.7. The molecule has 3 aromatic rings. The van der Waals surface area contributed by atoms with Crippen LogP contribution < -0.4 is 5.32 Å². The van der Waals surface area contributed by atoms with Crippen molar-refractivity contribution in [3.8, 4) is 10.7 Å². The van der Waals surface area contributed by atoms with Crippen LogP contribution in [-0.2, 0) is 0 Å². The third kappa shape index (κ3) is 3.09. The minimum Gasteiger partial charge on any atom is -0.353 e. The number of benzene rings is 1. The van der Waals surface area contributed by atoms with Gasteiger partial charge in [0.25, 0.3) is 0 Å². The maximum absolute atomic E-state index is 13.8. The van der Waals surface area contributed by atoms with Crippen molar-refractivity contribution in [3.63, 3.8) is 0 Å². The van der Waals surface area contributed by atoms with Crippen LogP contribution in [0.3, 0.4) is 0 Å². The Bertz CT molecular complexity index is 776. The van der Waals surface area contributed by atoms with Crippen LogP contribution in [0.4, 0.5) is 13.9 Å². The number of anilines is 1. The van der Waals surface area contributed by atoms with Crippen molar-refractivity contribution in [3.05, 3.63) is 59.8 Å². The van der Waals surface area contributed by atoms with Crippen molar-refractivity contribution >= 4 is 16.5 Å². The van der Waals surface area contributed by atoms with Gasteiger partial charge in [0.15, 0.2) is 5.01 Å². The first-order valence-corrected chi connectivity index (χ1v) is 7.41. The molecule has 3 rings (SSSR count). The lowest BCUT2D eigenvalue weighted by molar-refractivity contribution is 0.566. The molecule has 0 aliphatic rings. The molecule has 0 amide bonds. The number of hydrogen-bond donors (Lipinski definition) is 1. The number of nitrogens with zero attached hydrogens (tertiary/aromatic N) is 3. The second-order valence-corrected chi connectivity index (χ2v) is 5.64. The van der Waals surface area contributed by atoms with E-state index in [1.54, 1.807) is 13.1 Å². The van der Waals surface area contributed by atoms with Crippen LogP contribution in [0.15, 0.2) is 42.6 Å². The summed E-state index contributed by atoms with van der Waals surface area (Å²) in [5.41, 5.74) is 1.10. The molecule has 0 aliphatic carbocycles. The molecule has 1 unspecified atom stereocenters. The van der Waals surface area contributed by atoms with Crippen molar-refractivity contribution in [2.24, 2.45) is 0 Å². The van der Waals surface area contributed by atoms with Crippen molar-refractivity contribution in [2.45, 2.75) is 13.0 Å². The average molecular weight is 318 g/mol. The predicted octanol–water partition coefficient (Wildman–Crippen LogP) is 4.05. The van der Waals surface area contributed by atoms with Crippen molar-refractivity contribution < 1.29 is 8.78 Å². The molecule has 0 spiro atoms. The van der Waals surface area contributed by atoms with E-state index in [1.807, 2.05) is 18.2 Å². The highest BCUT2D eigenvalue weighted by molar-refractivity contribution is 7.18. The third-order valence-corrected chi connectivity index (χ3v) is 3.95. The lowest BCUT2D eigenvalue weighted by Gasteiger charge is -2.13. The molecule has 22 heavy (non-hydrogen) atoms. The summed E-state index contributed by atoms with van der Waals surface area (Å²) in [5, 5.41) is 12.4. The molecule has 2 heterocycles. The maximum atomic E-state index is 13.8. The van der Waals surface area contributed by atoms with E-state index >= 15 is 0 Å². The molecule has 7 heteroatoms. The third-order valence-electron chi connectivity index (χ3n) is 3.08. The smallest absolute Gasteiger partial charge is 0.206 e. The summed E-state index contributed by atoms with van der Waals surface area (Å²) in [6.45, 7) is 1.78. The number of pyridine rings is 1. The molecular weight excluding hydrogens is 306 g/mol. The van der Waals surface area contributed by atoms with Gasteiger partial charge in [0, 0.05) is 17.8 Å². The van der Waals surface area contributed by atoms with E-state index in [2.05, 4.69) is 20.5 Å². The zero-order valence-corrected chi connectivity index (χ0v) is 12.4. The van der Waals surface area contributed by atoms with Crippen LogP contribution in [0.1, 0.15) is 18.5 Å². The summed E-state index contributed by atoms with van der Waals surface area (Å²) in [7, 11) is 0. The van der Waals surface area contributed by atoms with Crippen molar-refractivity contribution in [1.82, 2.24) is 15.2 Å². The quantitative estimate of drug-likeness (QED) is 0.788. The van der Waals surface area contributed by atoms with E-state index < -0.39 is 11.6 Å². The van der Waals surface area contributed by atoms with E-state index in [4.69, 9.17) is 0 Å². The first-order valence-electron chi connectivity index (χ1n) is 6.60. The average Bonchev–Trinajstić information content (AvgIpc) is 2.96. The number of hydrogen-bond acceptors (Lipinski definition) is 5. The fraction of sp³-hybridized carbons (Fsp3) is 0.133. The zero-order valence-electron chi connectivity index (χ0n) is 11.6. The van der Waals surface area contributed by atoms with Gasteiger partial charge in [-0.25, -0.2) is 8.78 Å². The summed E-state index contributed by atoms with van der Waals surface area (Å²) in [6, 6.07) is 8.70. The second-order valence-electron chi connectivity index (χ2n) is 4.66. The van der Waals surface area contributed by atoms with Crippen LogP contribution >= 0.6 is 11.3 Å². The second kappa shape index (κ2) is 6.15. The van der Waals surface area contributed by atoms with Crippen LogP contribution in [0.25, 0.3) is 10.7 Å². The van der Waals surface area contributed by atoms with E-state index in [0.29, 0.717) is 15.7 Å². The predicted molar refractivity (Wildman–Crippen MR) is 81.5 cm³/mol. The monoisotopic (exact) mass is 318 g/mol. The number of nitrogens with one attached hydrogen (secondary N) is 1. The topological polar surface area (TPSA) is 50.7 Å². The van der Waals surface area contributed by atoms with Gasteiger partial charge < -0.3 is 5.32 Å². The Morgan fingerprint density at radius 2 is 2.00 bits per heavy atom. The Morgan fingerprint density at radius 3 is 2.73 bits per heavy atom. The first kappa shape index (κ1) is 14.5. The molecule has 1 atom stereocenters. The normalized spacial score (nSPS) is 12.1. The summed E-state index contributed by atoms with van der Waals surface area (Å²) >= 11 is 1.33. The Kier molecular flexibility index (Phi) is 4.06. The van der Waals surface area contributed by atoms with E-state index in [1.165, 1.54) is 23.5 Å². The fourth-order valence-electron chi connectivity index (χ4n) is 1.99. The molecular formula is C15H12F2N4S. The SMILES string of the molecule is CC(Nc1nnc(-c2ccccn2)s1)c1ccc(F)cc1F. The van der Waals surface area contributed by atoms with E-state index in [9.17, 15) is 8.78 Å². The van der Waals surface area contributed by atoms with Gasteiger partial charge >= 0.3 is 0 Å². The van der Waals surface area contributed by atoms with Gasteiger partial charge in [-0.05, 0) is 25.1 Å². The summed E-state index contributed by atoms with van der Waals surface area (Å²) in [5.74, 6) is -1.18. The standard InChI is InChI=1S/C15H12F2N4S/c1-9(11-6-5-10(16)8-12(11)17)19-15-21-20-14(22-15)13-4-2-3-7-18-13/h2-9H,1H3,(H,19,21). The Labute approximate surface area is 129 Å². The van der Waals surface area contributed by atoms with Crippen LogP contribution in [-0.4, -0.2) is 15.2 Å². The molecule has 0 radical (unpaired) electrons. The molecule has 0 bridgehead atoms. The van der Waals surface area contributed by atoms with Gasteiger partial charge in [0.1, 0.15) is 17.3 Å². The minimum absolute atomic E-state index is 0.356. The Morgan fingerprint density at radius 1 is 1.14 bits per heavy atom. The molecule has 0 saturated heterocycles. The van der Waals surface area contributed by atoms with Crippen LogP contribution in [0.2, 0.25) is 0 Å². The molecule has 1 aromatic carbocycles. The molecule has 0 aliphatic heterocycles. The highest BCUT2D eigenvalue weighted by Gasteiger charge is 2.14. The van der Waals surface area contributed by atoms with Crippen LogP contribution in [0.5, 0.6) is 0 Å². The highest BCUT2D eigenvalue weighted by atomic mass is 32.1. The van der Waals surface area contributed by atoms with Crippen molar-refractivity contribution in [2.75, 3.05) is 5.32 Å². The number of halogens is 2. The zero-order chi connectivity index (χ0) is 15.5. The molecule has 0 saturated carbocycles. The molecule has 0 fully saturated rings. The number of rotatable bonds is 4. The molecule has 2 aromatic heterocycles. The van der Waals surface area contributed by atoms with Crippen LogP contribution in [0, 0.1) is 11.6 Å². The molecule has 4 nitrogen and oxygen atoms in total. The van der Waals surface area contributed by atoms with Gasteiger partial charge in [-0.1, -0.05) is 23.5 Å². The van der Waals surface area contributed by atoms with E-state index in [0.717, 1.165) is 11.8 Å². The maximum Gasteiger partial charge on any atom is 0.206 e. The lowest BCUT2D eigenvalue weighted by atomic mass is 10.1. The first-order chi connectivity index (χ1) is 10.6. The fourth-order valence-corrected chi connectivity index (χ4v) is 2.80. The summed E-state index contributed by atoms with van der Waals surface area (Å²) in [4.78, 5) is 4.20. The molecule has 1 N–H and O–H groups in total. The summed E-state index contributed by atoms with van der Waals surface area (Å²) in [6.07, 6.45) is 1.68. The largest absolute Gasteiger partial charge is 0.353 e. The highest BCUT2D eigenvalue weighted by Crippen LogP contribution is 2.28. The van der Waals surface area contributed by atoms with Gasteiger partial charge in [0.2, 0.25) is 5.13 Å². The number of aromatic nitrogens is 3. The van der Waals surface area contributed by atoms with Gasteiger partial charge in [-0.3, -0.25) is 4.98 Å². The minimum atomic E-state index is -0.596. The van der Waals surface area contributed by atoms with E-state index in [-0.39, 0.29) is 6.04 Å². The van der Waals surface area contributed by atoms with Gasteiger partial charge in [-0.15, -0.1) is 10.2 Å². The Balaban J connectivity index is 1.77. The Hall–Kier alpha value is -2.41. The van der Waals surface area contributed by atoms with Gasteiger partial charge in [-0.2, -0.15) is 0 Å². The lowest BCUT2D eigenvalue weighted by Crippen LogP contribution is -2.08.